The molecule has 28 heavy (non-hydrogen) atoms. The molecule has 5 nitrogen and oxygen atoms in total. The molecule has 1 aliphatic carbocycles. The van der Waals surface area contributed by atoms with Crippen molar-refractivity contribution in [1.82, 2.24) is 0 Å². The Bertz CT molecular complexity index is 1110. The van der Waals surface area contributed by atoms with Crippen LogP contribution in [0.4, 0.5) is 5.69 Å². The molecule has 0 aliphatic heterocycles. The van der Waals surface area contributed by atoms with E-state index in [-0.39, 0.29) is 11.6 Å². The van der Waals surface area contributed by atoms with Crippen LogP contribution in [0.5, 0.6) is 0 Å². The van der Waals surface area contributed by atoms with E-state index in [9.17, 15) is 18.5 Å². The number of hydrogen-bond donors (Lipinski definition) is 0. The lowest BCUT2D eigenvalue weighted by Crippen LogP contribution is -2.24. The zero-order valence-electron chi connectivity index (χ0n) is 15.1. The van der Waals surface area contributed by atoms with Crippen molar-refractivity contribution in [2.75, 3.05) is 0 Å². The second-order valence-electron chi connectivity index (χ2n) is 7.03. The summed E-state index contributed by atoms with van der Waals surface area (Å²) >= 11 is 0. The molecule has 0 fully saturated rings. The molecular weight excluding hydrogens is 374 g/mol. The van der Waals surface area contributed by atoms with Gasteiger partial charge in [-0.3, -0.25) is 10.1 Å². The van der Waals surface area contributed by atoms with Gasteiger partial charge in [0.2, 0.25) is 0 Å². The van der Waals surface area contributed by atoms with Crippen molar-refractivity contribution in [2.45, 2.75) is 28.9 Å². The van der Waals surface area contributed by atoms with Crippen LogP contribution in [0, 0.1) is 10.1 Å². The molecular formula is C22H19NO4S. The zero-order valence-corrected chi connectivity index (χ0v) is 15.9. The minimum absolute atomic E-state index is 0.0146. The molecule has 3 aromatic carbocycles. The van der Waals surface area contributed by atoms with Crippen LogP contribution in [-0.4, -0.2) is 13.3 Å². The van der Waals surface area contributed by atoms with Gasteiger partial charge in [-0.1, -0.05) is 54.6 Å². The van der Waals surface area contributed by atoms with Gasteiger partial charge in [0, 0.05) is 12.1 Å². The Morgan fingerprint density at radius 2 is 1.50 bits per heavy atom. The Labute approximate surface area is 163 Å². The Morgan fingerprint density at radius 3 is 2.18 bits per heavy atom. The number of nitro groups is 1. The number of fused-ring (bicyclic) bond motifs is 1. The van der Waals surface area contributed by atoms with Crippen LogP contribution in [0.1, 0.15) is 34.3 Å². The highest BCUT2D eigenvalue weighted by Gasteiger charge is 2.37. The molecule has 142 valence electrons. The quantitative estimate of drug-likeness (QED) is 0.469. The molecule has 0 spiro atoms. The second kappa shape index (κ2) is 7.20. The highest BCUT2D eigenvalue weighted by Crippen LogP contribution is 2.44. The van der Waals surface area contributed by atoms with Crippen LogP contribution in [-0.2, 0) is 16.3 Å². The van der Waals surface area contributed by atoms with Crippen molar-refractivity contribution in [3.8, 4) is 0 Å². The fourth-order valence-electron chi connectivity index (χ4n) is 3.96. The average Bonchev–Trinajstić information content (AvgIpc) is 2.73. The molecule has 0 saturated heterocycles. The first kappa shape index (κ1) is 18.4. The summed E-state index contributed by atoms with van der Waals surface area (Å²) in [7, 11) is -3.55. The Balaban J connectivity index is 1.75. The smallest absolute Gasteiger partial charge is 0.258 e. The summed E-state index contributed by atoms with van der Waals surface area (Å²) in [6.45, 7) is 0. The fourth-order valence-corrected chi connectivity index (χ4v) is 5.87. The third-order valence-corrected chi connectivity index (χ3v) is 7.51. The van der Waals surface area contributed by atoms with Crippen LogP contribution >= 0.6 is 0 Å². The summed E-state index contributed by atoms with van der Waals surface area (Å²) in [5.41, 5.74) is 2.83. The summed E-state index contributed by atoms with van der Waals surface area (Å²) in [6, 6.07) is 22.6. The highest BCUT2D eigenvalue weighted by atomic mass is 32.2. The first-order valence-electron chi connectivity index (χ1n) is 9.08. The van der Waals surface area contributed by atoms with E-state index in [1.807, 2.05) is 24.3 Å². The van der Waals surface area contributed by atoms with Crippen LogP contribution in [0.2, 0.25) is 0 Å². The molecule has 0 saturated carbocycles. The van der Waals surface area contributed by atoms with Gasteiger partial charge in [-0.15, -0.1) is 0 Å². The number of hydrogen-bond acceptors (Lipinski definition) is 4. The van der Waals surface area contributed by atoms with Crippen molar-refractivity contribution in [2.24, 2.45) is 0 Å². The van der Waals surface area contributed by atoms with Crippen LogP contribution in [0.25, 0.3) is 0 Å². The molecule has 0 bridgehead atoms. The summed E-state index contributed by atoms with van der Waals surface area (Å²) in [6.07, 6.45) is 1.17. The van der Waals surface area contributed by atoms with E-state index in [4.69, 9.17) is 0 Å². The van der Waals surface area contributed by atoms with E-state index in [1.165, 1.54) is 12.1 Å². The average molecular weight is 393 g/mol. The number of non-ortho nitro benzene ring substituents is 1. The Hall–Kier alpha value is -2.99. The van der Waals surface area contributed by atoms with Crippen molar-refractivity contribution >= 4 is 15.5 Å². The maximum absolute atomic E-state index is 13.4. The van der Waals surface area contributed by atoms with Gasteiger partial charge in [-0.2, -0.15) is 0 Å². The maximum Gasteiger partial charge on any atom is 0.269 e. The third-order valence-electron chi connectivity index (χ3n) is 5.39. The second-order valence-corrected chi connectivity index (χ2v) is 9.16. The van der Waals surface area contributed by atoms with E-state index in [2.05, 4.69) is 0 Å². The van der Waals surface area contributed by atoms with Gasteiger partial charge in [0.1, 0.15) is 0 Å². The van der Waals surface area contributed by atoms with Gasteiger partial charge < -0.3 is 0 Å². The minimum Gasteiger partial charge on any atom is -0.258 e. The Kier molecular flexibility index (Phi) is 4.73. The SMILES string of the molecule is O=[N+]([O-])c1ccc(C2Cc3ccccc3C(S(=O)(=O)c3ccccc3)C2)cc1. The van der Waals surface area contributed by atoms with Gasteiger partial charge in [0.25, 0.3) is 5.69 Å². The molecule has 3 aromatic rings. The third kappa shape index (κ3) is 3.31. The number of nitrogens with zero attached hydrogens (tertiary/aromatic N) is 1. The van der Waals surface area contributed by atoms with E-state index in [0.29, 0.717) is 11.3 Å². The van der Waals surface area contributed by atoms with Crippen LogP contribution < -0.4 is 0 Å². The van der Waals surface area contributed by atoms with Crippen LogP contribution in [0.15, 0.2) is 83.8 Å². The molecule has 2 atom stereocenters. The lowest BCUT2D eigenvalue weighted by molar-refractivity contribution is -0.384. The molecule has 4 rings (SSSR count). The molecule has 0 N–H and O–H groups in total. The number of benzene rings is 3. The van der Waals surface area contributed by atoms with E-state index in [0.717, 1.165) is 23.1 Å². The maximum atomic E-state index is 13.4. The van der Waals surface area contributed by atoms with Gasteiger partial charge >= 0.3 is 0 Å². The monoisotopic (exact) mass is 393 g/mol. The van der Waals surface area contributed by atoms with E-state index >= 15 is 0 Å². The topological polar surface area (TPSA) is 77.3 Å². The van der Waals surface area contributed by atoms with Crippen molar-refractivity contribution in [3.05, 3.63) is 106 Å². The number of nitro benzene ring substituents is 1. The summed E-state index contributed by atoms with van der Waals surface area (Å²) in [5.74, 6) is -0.0146. The van der Waals surface area contributed by atoms with Gasteiger partial charge in [0.05, 0.1) is 15.1 Å². The molecule has 0 radical (unpaired) electrons. The molecule has 2 unspecified atom stereocenters. The standard InChI is InChI=1S/C22H19NO4S/c24-23(25)19-12-10-16(11-13-19)18-14-17-6-4-5-9-21(17)22(15-18)28(26,27)20-7-2-1-3-8-20/h1-13,18,22H,14-15H2. The summed E-state index contributed by atoms with van der Waals surface area (Å²) in [4.78, 5) is 10.8. The summed E-state index contributed by atoms with van der Waals surface area (Å²) in [5, 5.41) is 10.3. The minimum atomic E-state index is -3.55. The molecule has 6 heteroatoms. The normalized spacial score (nSPS) is 19.0. The molecule has 0 heterocycles. The summed E-state index contributed by atoms with van der Waals surface area (Å²) < 4.78 is 26.8. The number of rotatable bonds is 4. The predicted molar refractivity (Wildman–Crippen MR) is 107 cm³/mol. The van der Waals surface area contributed by atoms with Crippen LogP contribution in [0.3, 0.4) is 0 Å². The highest BCUT2D eigenvalue weighted by molar-refractivity contribution is 7.91. The fraction of sp³-hybridized carbons (Fsp3) is 0.182. The van der Waals surface area contributed by atoms with E-state index in [1.54, 1.807) is 42.5 Å². The lowest BCUT2D eigenvalue weighted by Gasteiger charge is -2.31. The first-order valence-corrected chi connectivity index (χ1v) is 10.6. The Morgan fingerprint density at radius 1 is 0.857 bits per heavy atom. The molecule has 0 aromatic heterocycles. The van der Waals surface area contributed by atoms with Gasteiger partial charge in [0.15, 0.2) is 9.84 Å². The van der Waals surface area contributed by atoms with Gasteiger partial charge in [-0.05, 0) is 47.6 Å². The van der Waals surface area contributed by atoms with Gasteiger partial charge in [-0.25, -0.2) is 8.42 Å². The lowest BCUT2D eigenvalue weighted by atomic mass is 9.80. The van der Waals surface area contributed by atoms with Crippen molar-refractivity contribution in [3.63, 3.8) is 0 Å². The first-order chi connectivity index (χ1) is 13.5. The van der Waals surface area contributed by atoms with Crippen molar-refractivity contribution < 1.29 is 13.3 Å². The number of sulfone groups is 1. The predicted octanol–water partition coefficient (Wildman–Crippen LogP) is 4.84. The van der Waals surface area contributed by atoms with Crippen molar-refractivity contribution in [1.29, 1.82) is 0 Å². The zero-order chi connectivity index (χ0) is 19.7. The largest absolute Gasteiger partial charge is 0.269 e. The molecule has 0 amide bonds. The molecule has 1 aliphatic rings. The van der Waals surface area contributed by atoms with E-state index < -0.39 is 20.0 Å².